The monoisotopic (exact) mass is 399 g/mol. The Hall–Kier alpha value is -2.90. The van der Waals surface area contributed by atoms with Crippen molar-refractivity contribution in [1.82, 2.24) is 15.2 Å². The van der Waals surface area contributed by atoms with E-state index in [1.165, 1.54) is 31.3 Å². The van der Waals surface area contributed by atoms with Crippen molar-refractivity contribution in [2.45, 2.75) is 50.5 Å². The van der Waals surface area contributed by atoms with Gasteiger partial charge < -0.3 is 19.4 Å². The first kappa shape index (κ1) is 19.4. The van der Waals surface area contributed by atoms with Crippen molar-refractivity contribution in [1.29, 1.82) is 0 Å². The Morgan fingerprint density at radius 3 is 2.83 bits per heavy atom. The zero-order valence-corrected chi connectivity index (χ0v) is 16.5. The van der Waals surface area contributed by atoms with Gasteiger partial charge >= 0.3 is 5.97 Å². The van der Waals surface area contributed by atoms with Gasteiger partial charge in [0.15, 0.2) is 11.5 Å². The van der Waals surface area contributed by atoms with E-state index in [2.05, 4.69) is 15.0 Å². The highest BCUT2D eigenvalue weighted by molar-refractivity contribution is 6.01. The van der Waals surface area contributed by atoms with E-state index in [0.717, 1.165) is 24.2 Å². The van der Waals surface area contributed by atoms with Gasteiger partial charge in [0.1, 0.15) is 11.6 Å². The van der Waals surface area contributed by atoms with Crippen LogP contribution in [0.5, 0.6) is 0 Å². The van der Waals surface area contributed by atoms with E-state index in [-0.39, 0.29) is 18.2 Å². The summed E-state index contributed by atoms with van der Waals surface area (Å²) in [5.41, 5.74) is 1.71. The Balaban J connectivity index is 1.58. The molecule has 2 aliphatic rings. The molecule has 1 aromatic carbocycles. The predicted octanol–water partition coefficient (Wildman–Crippen LogP) is 2.38. The van der Waals surface area contributed by atoms with Gasteiger partial charge in [0.2, 0.25) is 5.91 Å². The minimum atomic E-state index is -0.882. The van der Waals surface area contributed by atoms with Gasteiger partial charge in [0, 0.05) is 24.6 Å². The van der Waals surface area contributed by atoms with E-state index in [4.69, 9.17) is 4.42 Å². The topological polar surface area (TPSA) is 102 Å². The number of piperazine rings is 1. The molecule has 0 bridgehead atoms. The van der Waals surface area contributed by atoms with Crippen molar-refractivity contribution in [3.05, 3.63) is 29.7 Å². The molecule has 4 rings (SSSR count). The summed E-state index contributed by atoms with van der Waals surface area (Å²) in [5.74, 6) is -0.120. The van der Waals surface area contributed by atoms with Crippen LogP contribution in [0.1, 0.15) is 60.7 Å². The van der Waals surface area contributed by atoms with Crippen molar-refractivity contribution >= 4 is 28.9 Å². The number of oxazole rings is 1. The molecule has 1 aliphatic carbocycles. The van der Waals surface area contributed by atoms with Gasteiger partial charge in [-0.2, -0.15) is 0 Å². The van der Waals surface area contributed by atoms with E-state index in [9.17, 15) is 14.4 Å². The number of ether oxygens (including phenoxy) is 1. The average molecular weight is 399 g/mol. The van der Waals surface area contributed by atoms with Crippen molar-refractivity contribution < 1.29 is 23.5 Å². The summed E-state index contributed by atoms with van der Waals surface area (Å²) < 4.78 is 10.7. The van der Waals surface area contributed by atoms with Gasteiger partial charge in [-0.05, 0) is 31.0 Å². The molecule has 2 fully saturated rings. The third-order valence-corrected chi connectivity index (χ3v) is 5.79. The van der Waals surface area contributed by atoms with Crippen LogP contribution in [0.4, 0.5) is 0 Å². The number of amides is 2. The van der Waals surface area contributed by atoms with Gasteiger partial charge in [0.05, 0.1) is 13.5 Å². The molecular formula is C21H25N3O5. The molecule has 8 nitrogen and oxygen atoms in total. The van der Waals surface area contributed by atoms with Crippen LogP contribution in [0.3, 0.4) is 0 Å². The van der Waals surface area contributed by atoms with Crippen LogP contribution in [0.25, 0.3) is 11.1 Å². The molecule has 29 heavy (non-hydrogen) atoms. The first-order chi connectivity index (χ1) is 14.1. The fourth-order valence-electron chi connectivity index (χ4n) is 4.17. The summed E-state index contributed by atoms with van der Waals surface area (Å²) in [6.07, 6.45) is 5.61. The van der Waals surface area contributed by atoms with Crippen molar-refractivity contribution in [3.63, 3.8) is 0 Å². The second-order valence-electron chi connectivity index (χ2n) is 7.66. The van der Waals surface area contributed by atoms with Crippen LogP contribution in [0.2, 0.25) is 0 Å². The first-order valence-corrected chi connectivity index (χ1v) is 10.1. The minimum absolute atomic E-state index is 0.176. The standard InChI is InChI=1S/C21H25N3O5/c1-28-18(25)12-16-19(26)22-9-10-24(16)21(27)14-7-8-15-17(11-14)29-20(23-15)13-5-3-2-4-6-13/h7-8,11,13,16H,2-6,9-10,12H2,1H3,(H,22,26). The van der Waals surface area contributed by atoms with Gasteiger partial charge in [0.25, 0.3) is 5.91 Å². The quantitative estimate of drug-likeness (QED) is 0.792. The SMILES string of the molecule is COC(=O)CC1C(=O)NCCN1C(=O)c1ccc2nc(C3CCCCC3)oc2c1. The number of carbonyl (C=O) groups excluding carboxylic acids is 3. The number of methoxy groups -OCH3 is 1. The number of aromatic nitrogens is 1. The molecule has 2 amide bonds. The largest absolute Gasteiger partial charge is 0.469 e. The lowest BCUT2D eigenvalue weighted by Crippen LogP contribution is -2.57. The number of nitrogens with one attached hydrogen (secondary N) is 1. The van der Waals surface area contributed by atoms with Crippen LogP contribution < -0.4 is 5.32 Å². The predicted molar refractivity (Wildman–Crippen MR) is 104 cm³/mol. The summed E-state index contributed by atoms with van der Waals surface area (Å²) >= 11 is 0. The van der Waals surface area contributed by atoms with Crippen LogP contribution in [0, 0.1) is 0 Å². The summed E-state index contributed by atoms with van der Waals surface area (Å²) in [6.45, 7) is 0.673. The summed E-state index contributed by atoms with van der Waals surface area (Å²) in [7, 11) is 1.26. The number of hydrogen-bond donors (Lipinski definition) is 1. The molecule has 1 saturated carbocycles. The van der Waals surface area contributed by atoms with Gasteiger partial charge in [-0.15, -0.1) is 0 Å². The molecule has 1 aromatic heterocycles. The van der Waals surface area contributed by atoms with E-state index in [0.29, 0.717) is 30.2 Å². The highest BCUT2D eigenvalue weighted by atomic mass is 16.5. The highest BCUT2D eigenvalue weighted by Crippen LogP contribution is 2.34. The number of rotatable bonds is 4. The smallest absolute Gasteiger partial charge is 0.308 e. The van der Waals surface area contributed by atoms with Crippen LogP contribution in [-0.4, -0.2) is 53.9 Å². The van der Waals surface area contributed by atoms with E-state index in [1.807, 2.05) is 0 Å². The van der Waals surface area contributed by atoms with Gasteiger partial charge in [-0.1, -0.05) is 19.3 Å². The normalized spacial score (nSPS) is 20.5. The number of carbonyl (C=O) groups is 3. The average Bonchev–Trinajstić information content (AvgIpc) is 3.18. The number of hydrogen-bond acceptors (Lipinski definition) is 6. The number of fused-ring (bicyclic) bond motifs is 1. The highest BCUT2D eigenvalue weighted by Gasteiger charge is 2.35. The lowest BCUT2D eigenvalue weighted by atomic mass is 9.89. The maximum Gasteiger partial charge on any atom is 0.308 e. The molecular weight excluding hydrogens is 374 g/mol. The molecule has 1 saturated heterocycles. The number of benzene rings is 1. The fourth-order valence-corrected chi connectivity index (χ4v) is 4.17. The third kappa shape index (κ3) is 3.97. The molecule has 8 heteroatoms. The van der Waals surface area contributed by atoms with Gasteiger partial charge in [-0.25, -0.2) is 4.98 Å². The maximum absolute atomic E-state index is 13.1. The summed E-state index contributed by atoms with van der Waals surface area (Å²) in [5, 5.41) is 2.70. The Morgan fingerprint density at radius 1 is 1.28 bits per heavy atom. The van der Waals surface area contributed by atoms with Crippen molar-refractivity contribution in [2.75, 3.05) is 20.2 Å². The Bertz CT molecular complexity index is 932. The second-order valence-corrected chi connectivity index (χ2v) is 7.66. The summed E-state index contributed by atoms with van der Waals surface area (Å²) in [4.78, 5) is 43.1. The van der Waals surface area contributed by atoms with E-state index < -0.39 is 12.0 Å². The van der Waals surface area contributed by atoms with Gasteiger partial charge in [-0.3, -0.25) is 14.4 Å². The van der Waals surface area contributed by atoms with Crippen LogP contribution >= 0.6 is 0 Å². The molecule has 154 valence electrons. The maximum atomic E-state index is 13.1. The molecule has 1 unspecified atom stereocenters. The second kappa shape index (κ2) is 8.23. The van der Waals surface area contributed by atoms with E-state index in [1.54, 1.807) is 18.2 Å². The number of nitrogens with zero attached hydrogens (tertiary/aromatic N) is 2. The molecule has 1 N–H and O–H groups in total. The number of esters is 1. The third-order valence-electron chi connectivity index (χ3n) is 5.79. The first-order valence-electron chi connectivity index (χ1n) is 10.1. The van der Waals surface area contributed by atoms with Crippen molar-refractivity contribution in [2.24, 2.45) is 0 Å². The molecule has 0 radical (unpaired) electrons. The molecule has 1 atom stereocenters. The lowest BCUT2D eigenvalue weighted by Gasteiger charge is -2.34. The zero-order valence-electron chi connectivity index (χ0n) is 16.5. The molecule has 2 aromatic rings. The zero-order chi connectivity index (χ0) is 20.4. The lowest BCUT2D eigenvalue weighted by molar-refractivity contribution is -0.145. The minimum Gasteiger partial charge on any atom is -0.469 e. The Morgan fingerprint density at radius 2 is 2.07 bits per heavy atom. The Labute approximate surface area is 168 Å². The van der Waals surface area contributed by atoms with Crippen LogP contribution in [-0.2, 0) is 14.3 Å². The fraction of sp³-hybridized carbons (Fsp3) is 0.524. The van der Waals surface area contributed by atoms with Crippen LogP contribution in [0.15, 0.2) is 22.6 Å². The molecule has 1 aliphatic heterocycles. The van der Waals surface area contributed by atoms with Crippen molar-refractivity contribution in [3.8, 4) is 0 Å². The Kier molecular flexibility index (Phi) is 5.51. The molecule has 2 heterocycles. The summed E-state index contributed by atoms with van der Waals surface area (Å²) in [6, 6.07) is 4.27. The van der Waals surface area contributed by atoms with E-state index >= 15 is 0 Å². The molecule has 0 spiro atoms.